The minimum Gasteiger partial charge on any atom is -0.326 e. The minimum absolute atomic E-state index is 0.551. The molecule has 0 amide bonds. The van der Waals surface area contributed by atoms with Crippen molar-refractivity contribution in [3.8, 4) is 0 Å². The van der Waals surface area contributed by atoms with Gasteiger partial charge in [-0.3, -0.25) is 0 Å². The van der Waals surface area contributed by atoms with Gasteiger partial charge in [0.25, 0.3) is 0 Å². The summed E-state index contributed by atoms with van der Waals surface area (Å²) in [5.74, 6) is 0. The first kappa shape index (κ1) is 13.8. The molecule has 0 unspecified atom stereocenters. The normalized spacial score (nSPS) is 10.9. The Bertz CT molecular complexity index is 530. The third-order valence-electron chi connectivity index (χ3n) is 2.70. The van der Waals surface area contributed by atoms with Crippen molar-refractivity contribution in [2.24, 2.45) is 5.73 Å². The molecule has 0 fully saturated rings. The Balaban J connectivity index is 2.25. The number of halogens is 2. The average molecular weight is 301 g/mol. The fourth-order valence-corrected chi connectivity index (χ4v) is 3.31. The SMILES string of the molecule is CCc1nc(Cc2ccc(Cl)cc2Cl)sc1CN. The molecule has 0 saturated carbocycles. The van der Waals surface area contributed by atoms with Crippen LogP contribution in [0.5, 0.6) is 0 Å². The summed E-state index contributed by atoms with van der Waals surface area (Å²) in [4.78, 5) is 5.77. The van der Waals surface area contributed by atoms with Gasteiger partial charge in [0.1, 0.15) is 0 Å². The van der Waals surface area contributed by atoms with Gasteiger partial charge >= 0.3 is 0 Å². The van der Waals surface area contributed by atoms with Gasteiger partial charge in [0, 0.05) is 27.9 Å². The fraction of sp³-hybridized carbons (Fsp3) is 0.308. The highest BCUT2D eigenvalue weighted by molar-refractivity contribution is 7.11. The van der Waals surface area contributed by atoms with Gasteiger partial charge in [-0.1, -0.05) is 36.2 Å². The molecule has 0 bridgehead atoms. The van der Waals surface area contributed by atoms with E-state index >= 15 is 0 Å². The molecule has 96 valence electrons. The smallest absolute Gasteiger partial charge is 0.0975 e. The molecule has 18 heavy (non-hydrogen) atoms. The van der Waals surface area contributed by atoms with E-state index in [0.29, 0.717) is 16.6 Å². The van der Waals surface area contributed by atoms with Crippen LogP contribution in [0.15, 0.2) is 18.2 Å². The van der Waals surface area contributed by atoms with Crippen molar-refractivity contribution in [3.63, 3.8) is 0 Å². The van der Waals surface area contributed by atoms with Crippen LogP contribution in [0.3, 0.4) is 0 Å². The molecule has 2 N–H and O–H groups in total. The van der Waals surface area contributed by atoms with E-state index in [1.165, 1.54) is 0 Å². The molecule has 5 heteroatoms. The first-order valence-electron chi connectivity index (χ1n) is 5.75. The lowest BCUT2D eigenvalue weighted by Crippen LogP contribution is -1.97. The number of thiazole rings is 1. The molecule has 0 saturated heterocycles. The molecule has 0 atom stereocenters. The number of aryl methyl sites for hydroxylation is 1. The maximum Gasteiger partial charge on any atom is 0.0975 e. The quantitative estimate of drug-likeness (QED) is 0.925. The third kappa shape index (κ3) is 3.04. The molecule has 0 spiro atoms. The predicted molar refractivity (Wildman–Crippen MR) is 78.7 cm³/mol. The maximum absolute atomic E-state index is 6.16. The Labute approximate surface area is 121 Å². The topological polar surface area (TPSA) is 38.9 Å². The lowest BCUT2D eigenvalue weighted by Gasteiger charge is -2.01. The number of nitrogens with two attached hydrogens (primary N) is 1. The Kier molecular flexibility index (Phi) is 4.62. The van der Waals surface area contributed by atoms with E-state index in [-0.39, 0.29) is 0 Å². The van der Waals surface area contributed by atoms with Crippen LogP contribution in [0.2, 0.25) is 10.0 Å². The summed E-state index contributed by atoms with van der Waals surface area (Å²) in [6, 6.07) is 5.55. The van der Waals surface area contributed by atoms with Gasteiger partial charge < -0.3 is 5.73 Å². The Morgan fingerprint density at radius 2 is 2.11 bits per heavy atom. The maximum atomic E-state index is 6.16. The zero-order chi connectivity index (χ0) is 13.1. The Hall–Kier alpha value is -0.610. The van der Waals surface area contributed by atoms with Crippen LogP contribution in [0.1, 0.15) is 28.1 Å². The van der Waals surface area contributed by atoms with Crippen LogP contribution in [-0.2, 0) is 19.4 Å². The zero-order valence-corrected chi connectivity index (χ0v) is 12.4. The van der Waals surface area contributed by atoms with Gasteiger partial charge in [-0.15, -0.1) is 11.3 Å². The van der Waals surface area contributed by atoms with Gasteiger partial charge in [-0.2, -0.15) is 0 Å². The second-order valence-electron chi connectivity index (χ2n) is 3.95. The first-order valence-corrected chi connectivity index (χ1v) is 7.32. The Morgan fingerprint density at radius 1 is 1.33 bits per heavy atom. The van der Waals surface area contributed by atoms with E-state index in [9.17, 15) is 0 Å². The number of hydrogen-bond acceptors (Lipinski definition) is 3. The van der Waals surface area contributed by atoms with E-state index in [1.54, 1.807) is 17.4 Å². The molecule has 0 aliphatic heterocycles. The average Bonchev–Trinajstić information content (AvgIpc) is 2.75. The molecule has 0 radical (unpaired) electrons. The van der Waals surface area contributed by atoms with Crippen molar-refractivity contribution in [2.75, 3.05) is 0 Å². The van der Waals surface area contributed by atoms with E-state index < -0.39 is 0 Å². The molecule has 2 rings (SSSR count). The first-order chi connectivity index (χ1) is 8.63. The van der Waals surface area contributed by atoms with E-state index in [4.69, 9.17) is 28.9 Å². The standard InChI is InChI=1S/C13H14Cl2N2S/c1-2-11-12(7-16)18-13(17-11)5-8-3-4-9(14)6-10(8)15/h3-4,6H,2,5,7,16H2,1H3. The molecule has 0 aliphatic rings. The lowest BCUT2D eigenvalue weighted by molar-refractivity contribution is 0.969. The van der Waals surface area contributed by atoms with Crippen LogP contribution >= 0.6 is 34.5 Å². The minimum atomic E-state index is 0.551. The summed E-state index contributed by atoms with van der Waals surface area (Å²) in [5, 5.41) is 2.39. The van der Waals surface area contributed by atoms with Gasteiger partial charge in [-0.05, 0) is 24.1 Å². The van der Waals surface area contributed by atoms with E-state index in [0.717, 1.165) is 34.0 Å². The highest BCUT2D eigenvalue weighted by Crippen LogP contribution is 2.26. The van der Waals surface area contributed by atoms with Gasteiger partial charge in [0.2, 0.25) is 0 Å². The highest BCUT2D eigenvalue weighted by Gasteiger charge is 2.10. The molecule has 1 heterocycles. The summed E-state index contributed by atoms with van der Waals surface area (Å²) in [6.45, 7) is 2.64. The predicted octanol–water partition coefficient (Wildman–Crippen LogP) is 4.06. The highest BCUT2D eigenvalue weighted by atomic mass is 35.5. The zero-order valence-electron chi connectivity index (χ0n) is 10.0. The van der Waals surface area contributed by atoms with E-state index in [1.807, 2.05) is 12.1 Å². The fourth-order valence-electron chi connectivity index (χ4n) is 1.78. The summed E-state index contributed by atoms with van der Waals surface area (Å²) in [6.07, 6.45) is 1.64. The van der Waals surface area contributed by atoms with Gasteiger partial charge in [-0.25, -0.2) is 4.98 Å². The van der Waals surface area contributed by atoms with Crippen molar-refractivity contribution < 1.29 is 0 Å². The second-order valence-corrected chi connectivity index (χ2v) is 5.96. The van der Waals surface area contributed by atoms with Crippen molar-refractivity contribution in [3.05, 3.63) is 49.4 Å². The summed E-state index contributed by atoms with van der Waals surface area (Å²) in [5.41, 5.74) is 7.85. The molecular weight excluding hydrogens is 287 g/mol. The van der Waals surface area contributed by atoms with Crippen LogP contribution in [0.25, 0.3) is 0 Å². The van der Waals surface area contributed by atoms with Crippen LogP contribution in [-0.4, -0.2) is 4.98 Å². The van der Waals surface area contributed by atoms with Crippen LogP contribution in [0, 0.1) is 0 Å². The van der Waals surface area contributed by atoms with Gasteiger partial charge in [0.05, 0.1) is 10.7 Å². The van der Waals surface area contributed by atoms with Crippen LogP contribution in [0.4, 0.5) is 0 Å². The monoisotopic (exact) mass is 300 g/mol. The largest absolute Gasteiger partial charge is 0.326 e. The number of nitrogens with zero attached hydrogens (tertiary/aromatic N) is 1. The summed E-state index contributed by atoms with van der Waals surface area (Å²) < 4.78 is 0. The molecule has 1 aromatic carbocycles. The van der Waals surface area contributed by atoms with E-state index in [2.05, 4.69) is 11.9 Å². The van der Waals surface area contributed by atoms with Crippen LogP contribution < -0.4 is 5.73 Å². The number of hydrogen-bond donors (Lipinski definition) is 1. The molecule has 0 aliphatic carbocycles. The number of aromatic nitrogens is 1. The summed E-state index contributed by atoms with van der Waals surface area (Å²) >= 11 is 13.7. The van der Waals surface area contributed by atoms with Gasteiger partial charge in [0.15, 0.2) is 0 Å². The molecule has 2 nitrogen and oxygen atoms in total. The lowest BCUT2D eigenvalue weighted by atomic mass is 10.1. The second kappa shape index (κ2) is 6.02. The molecule has 2 aromatic rings. The van der Waals surface area contributed by atoms with Crippen molar-refractivity contribution in [2.45, 2.75) is 26.3 Å². The summed E-state index contributed by atoms with van der Waals surface area (Å²) in [7, 11) is 0. The van der Waals surface area contributed by atoms with Crippen molar-refractivity contribution in [1.82, 2.24) is 4.98 Å². The molecule has 1 aromatic heterocycles. The van der Waals surface area contributed by atoms with Crippen molar-refractivity contribution >= 4 is 34.5 Å². The Morgan fingerprint density at radius 3 is 2.67 bits per heavy atom. The molecular formula is C13H14Cl2N2S. The third-order valence-corrected chi connectivity index (χ3v) is 4.41. The number of rotatable bonds is 4. The van der Waals surface area contributed by atoms with Crippen molar-refractivity contribution in [1.29, 1.82) is 0 Å². The number of benzene rings is 1.